The van der Waals surface area contributed by atoms with Crippen LogP contribution in [0.2, 0.25) is 5.04 Å². The predicted octanol–water partition coefficient (Wildman–Crippen LogP) is 3.93. The van der Waals surface area contributed by atoms with E-state index < -0.39 is 26.1 Å². The number of ether oxygens (including phenoxy) is 1. The smallest absolute Gasteiger partial charge is 0.410 e. The zero-order chi connectivity index (χ0) is 23.6. The average molecular weight is 456 g/mol. The number of rotatable bonds is 5. The first-order valence-electron chi connectivity index (χ1n) is 11.4. The molecule has 1 fully saturated rings. The first kappa shape index (κ1) is 24.5. The highest BCUT2D eigenvalue weighted by atomic mass is 28.4. The highest BCUT2D eigenvalue weighted by Gasteiger charge is 2.53. The van der Waals surface area contributed by atoms with E-state index in [1.165, 1.54) is 10.4 Å². The fraction of sp³-hybridized carbons (Fsp3) is 0.500. The SMILES string of the molecule is CC(C)(C)OC(=O)N1CCC(O[Si](c2ccccc2)(c2ccccc2)C(C)(C)C)C1CO. The second kappa shape index (κ2) is 9.38. The summed E-state index contributed by atoms with van der Waals surface area (Å²) in [5.41, 5.74) is -0.589. The first-order chi connectivity index (χ1) is 15.0. The van der Waals surface area contributed by atoms with E-state index in [2.05, 4.69) is 69.3 Å². The lowest BCUT2D eigenvalue weighted by atomic mass is 10.2. The molecule has 0 radical (unpaired) electrons. The van der Waals surface area contributed by atoms with E-state index in [4.69, 9.17) is 9.16 Å². The Hall–Kier alpha value is -2.15. The maximum atomic E-state index is 12.8. The van der Waals surface area contributed by atoms with E-state index in [1.54, 1.807) is 4.90 Å². The molecule has 2 aromatic rings. The van der Waals surface area contributed by atoms with Crippen LogP contribution in [0.5, 0.6) is 0 Å². The molecule has 1 amide bonds. The minimum atomic E-state index is -2.77. The maximum absolute atomic E-state index is 12.8. The van der Waals surface area contributed by atoms with E-state index in [0.717, 1.165) is 0 Å². The summed E-state index contributed by atoms with van der Waals surface area (Å²) in [4.78, 5) is 14.5. The Morgan fingerprint density at radius 1 is 0.969 bits per heavy atom. The number of amides is 1. The lowest BCUT2D eigenvalue weighted by Crippen LogP contribution is -2.68. The lowest BCUT2D eigenvalue weighted by molar-refractivity contribution is 0.00828. The molecule has 0 saturated carbocycles. The normalized spacial score (nSPS) is 19.8. The number of aliphatic hydroxyl groups excluding tert-OH is 1. The molecule has 1 saturated heterocycles. The quantitative estimate of drug-likeness (QED) is 0.694. The summed E-state index contributed by atoms with van der Waals surface area (Å²) >= 11 is 0. The summed E-state index contributed by atoms with van der Waals surface area (Å²) in [6, 6.07) is 20.4. The van der Waals surface area contributed by atoms with Crippen LogP contribution in [-0.2, 0) is 9.16 Å². The third-order valence-electron chi connectivity index (χ3n) is 6.04. The third kappa shape index (κ3) is 4.92. The Morgan fingerprint density at radius 2 is 1.47 bits per heavy atom. The Labute approximate surface area is 193 Å². The van der Waals surface area contributed by atoms with Crippen molar-refractivity contribution in [3.8, 4) is 0 Å². The van der Waals surface area contributed by atoms with Crippen molar-refractivity contribution in [2.45, 2.75) is 70.7 Å². The molecule has 2 unspecified atom stereocenters. The van der Waals surface area contributed by atoms with Crippen LogP contribution >= 0.6 is 0 Å². The Morgan fingerprint density at radius 3 is 1.88 bits per heavy atom. The summed E-state index contributed by atoms with van der Waals surface area (Å²) < 4.78 is 12.8. The monoisotopic (exact) mass is 455 g/mol. The molecule has 1 aliphatic rings. The van der Waals surface area contributed by atoms with Crippen molar-refractivity contribution >= 4 is 24.8 Å². The van der Waals surface area contributed by atoms with Crippen molar-refractivity contribution in [2.75, 3.05) is 13.2 Å². The van der Waals surface area contributed by atoms with Gasteiger partial charge in [-0.1, -0.05) is 81.4 Å². The molecule has 1 heterocycles. The van der Waals surface area contributed by atoms with Crippen LogP contribution in [-0.4, -0.2) is 55.3 Å². The van der Waals surface area contributed by atoms with Gasteiger partial charge >= 0.3 is 6.09 Å². The van der Waals surface area contributed by atoms with Gasteiger partial charge in [-0.15, -0.1) is 0 Å². The minimum Gasteiger partial charge on any atom is -0.444 e. The predicted molar refractivity (Wildman–Crippen MR) is 131 cm³/mol. The van der Waals surface area contributed by atoms with E-state index >= 15 is 0 Å². The van der Waals surface area contributed by atoms with Crippen LogP contribution in [0.15, 0.2) is 60.7 Å². The molecule has 1 N–H and O–H groups in total. The Balaban J connectivity index is 2.03. The summed E-state index contributed by atoms with van der Waals surface area (Å²) in [5.74, 6) is 0. The fourth-order valence-corrected chi connectivity index (χ4v) is 9.39. The molecule has 2 atom stereocenters. The zero-order valence-electron chi connectivity index (χ0n) is 20.2. The third-order valence-corrected chi connectivity index (χ3v) is 11.1. The van der Waals surface area contributed by atoms with Crippen LogP contribution in [0.25, 0.3) is 0 Å². The van der Waals surface area contributed by atoms with Gasteiger partial charge in [0.2, 0.25) is 0 Å². The summed E-state index contributed by atoms with van der Waals surface area (Å²) in [7, 11) is -2.77. The number of hydrogen-bond acceptors (Lipinski definition) is 4. The highest BCUT2D eigenvalue weighted by Crippen LogP contribution is 2.39. The van der Waals surface area contributed by atoms with Gasteiger partial charge in [-0.25, -0.2) is 4.79 Å². The summed E-state index contributed by atoms with van der Waals surface area (Å²) in [5, 5.41) is 12.5. The standard InChI is InChI=1S/C26H37NO4Si/c1-25(2,3)30-24(29)27-18-17-23(22(27)19-28)31-32(26(4,5)6,20-13-9-7-10-14-20)21-15-11-8-12-16-21/h7-16,22-23,28H,17-19H2,1-6H3. The molecular formula is C26H37NO4Si. The largest absolute Gasteiger partial charge is 0.444 e. The topological polar surface area (TPSA) is 59.0 Å². The number of aliphatic hydroxyl groups is 1. The number of hydrogen-bond donors (Lipinski definition) is 1. The second-order valence-corrected chi connectivity index (χ2v) is 14.8. The molecule has 0 bridgehead atoms. The molecule has 6 heteroatoms. The molecule has 174 valence electrons. The van der Waals surface area contributed by atoms with Crippen molar-refractivity contribution in [3.63, 3.8) is 0 Å². The van der Waals surface area contributed by atoms with Gasteiger partial charge in [0.05, 0.1) is 18.8 Å². The lowest BCUT2D eigenvalue weighted by Gasteiger charge is -2.45. The number of likely N-dealkylation sites (tertiary alicyclic amines) is 1. The number of carbonyl (C=O) groups excluding carboxylic acids is 1. The molecule has 32 heavy (non-hydrogen) atoms. The van der Waals surface area contributed by atoms with E-state index in [1.807, 2.05) is 32.9 Å². The number of carbonyl (C=O) groups is 1. The van der Waals surface area contributed by atoms with Crippen molar-refractivity contribution in [1.82, 2.24) is 4.90 Å². The molecule has 3 rings (SSSR count). The van der Waals surface area contributed by atoms with Crippen LogP contribution in [0.3, 0.4) is 0 Å². The van der Waals surface area contributed by atoms with Crippen molar-refractivity contribution < 1.29 is 19.1 Å². The van der Waals surface area contributed by atoms with E-state index in [-0.39, 0.29) is 17.7 Å². The van der Waals surface area contributed by atoms with E-state index in [9.17, 15) is 9.90 Å². The molecule has 0 aliphatic carbocycles. The molecular weight excluding hydrogens is 418 g/mol. The van der Waals surface area contributed by atoms with Gasteiger partial charge in [0.15, 0.2) is 0 Å². The Bertz CT molecular complexity index is 850. The van der Waals surface area contributed by atoms with Gasteiger partial charge in [0.25, 0.3) is 8.32 Å². The first-order valence-corrected chi connectivity index (χ1v) is 13.3. The van der Waals surface area contributed by atoms with Crippen molar-refractivity contribution in [3.05, 3.63) is 60.7 Å². The molecule has 5 nitrogen and oxygen atoms in total. The molecule has 0 spiro atoms. The summed E-state index contributed by atoms with van der Waals surface area (Å²) in [6.07, 6.45) is -0.0153. The van der Waals surface area contributed by atoms with Crippen molar-refractivity contribution in [1.29, 1.82) is 0 Å². The Kier molecular flexibility index (Phi) is 7.17. The minimum absolute atomic E-state index is 0.165. The van der Waals surface area contributed by atoms with Gasteiger partial charge in [-0.3, -0.25) is 0 Å². The van der Waals surface area contributed by atoms with Crippen LogP contribution in [0.1, 0.15) is 48.0 Å². The van der Waals surface area contributed by atoms with Gasteiger partial charge < -0.3 is 19.2 Å². The van der Waals surface area contributed by atoms with E-state index in [0.29, 0.717) is 13.0 Å². The summed E-state index contributed by atoms with van der Waals surface area (Å²) in [6.45, 7) is 12.6. The maximum Gasteiger partial charge on any atom is 0.410 e. The van der Waals surface area contributed by atoms with Crippen LogP contribution in [0.4, 0.5) is 4.79 Å². The van der Waals surface area contributed by atoms with Gasteiger partial charge in [0, 0.05) is 6.54 Å². The molecule has 0 aromatic heterocycles. The zero-order valence-corrected chi connectivity index (χ0v) is 21.2. The number of benzene rings is 2. The second-order valence-electron chi connectivity index (χ2n) is 10.5. The number of nitrogens with zero attached hydrogens (tertiary/aromatic N) is 1. The van der Waals surface area contributed by atoms with Gasteiger partial charge in [-0.2, -0.15) is 0 Å². The van der Waals surface area contributed by atoms with Gasteiger partial charge in [-0.05, 0) is 42.6 Å². The van der Waals surface area contributed by atoms with Gasteiger partial charge in [0.1, 0.15) is 5.60 Å². The average Bonchev–Trinajstić information content (AvgIpc) is 3.14. The molecule has 2 aromatic carbocycles. The van der Waals surface area contributed by atoms with Crippen LogP contribution in [0, 0.1) is 0 Å². The van der Waals surface area contributed by atoms with Crippen LogP contribution < -0.4 is 10.4 Å². The fourth-order valence-electron chi connectivity index (χ4n) is 4.64. The molecule has 1 aliphatic heterocycles. The van der Waals surface area contributed by atoms with Crippen molar-refractivity contribution in [2.24, 2.45) is 0 Å². The highest BCUT2D eigenvalue weighted by molar-refractivity contribution is 6.99.